The molecule has 0 aliphatic rings. The highest BCUT2D eigenvalue weighted by molar-refractivity contribution is 7.99. The summed E-state index contributed by atoms with van der Waals surface area (Å²) in [6.07, 6.45) is 2.01. The van der Waals surface area contributed by atoms with Gasteiger partial charge in [-0.3, -0.25) is 20.4 Å². The number of benzene rings is 2. The van der Waals surface area contributed by atoms with Crippen LogP contribution in [0.4, 0.5) is 0 Å². The Labute approximate surface area is 162 Å². The standard InChI is InChI=1S/C20H20N4O2S/c1-24-17(16-10-6-3-7-11-16)13-21-20(24)27-14-19(26)23-22-18(25)12-15-8-4-2-5-9-15/h2-11,13H,12,14H2,1H3,(H,22,25)(H,23,26). The molecule has 0 bridgehead atoms. The molecule has 1 heterocycles. The van der Waals surface area contributed by atoms with E-state index in [1.54, 1.807) is 6.20 Å². The summed E-state index contributed by atoms with van der Waals surface area (Å²) in [7, 11) is 1.91. The molecular formula is C20H20N4O2S. The molecule has 0 aliphatic carbocycles. The molecule has 6 nitrogen and oxygen atoms in total. The number of rotatable bonds is 6. The zero-order valence-electron chi connectivity index (χ0n) is 14.9. The first kappa shape index (κ1) is 18.7. The van der Waals surface area contributed by atoms with Crippen molar-refractivity contribution in [1.29, 1.82) is 0 Å². The van der Waals surface area contributed by atoms with Crippen molar-refractivity contribution in [3.63, 3.8) is 0 Å². The number of thioether (sulfide) groups is 1. The third-order valence-corrected chi connectivity index (χ3v) is 4.94. The number of hydrogen-bond acceptors (Lipinski definition) is 4. The molecule has 2 aromatic carbocycles. The van der Waals surface area contributed by atoms with Crippen LogP contribution in [0.1, 0.15) is 5.56 Å². The molecule has 7 heteroatoms. The Morgan fingerprint density at radius 1 is 0.963 bits per heavy atom. The van der Waals surface area contributed by atoms with E-state index in [4.69, 9.17) is 0 Å². The van der Waals surface area contributed by atoms with Crippen LogP contribution in [-0.4, -0.2) is 27.1 Å². The zero-order chi connectivity index (χ0) is 19.1. The van der Waals surface area contributed by atoms with E-state index in [0.717, 1.165) is 22.0 Å². The quantitative estimate of drug-likeness (QED) is 0.509. The second kappa shape index (κ2) is 9.05. The molecule has 0 radical (unpaired) electrons. The van der Waals surface area contributed by atoms with Crippen LogP contribution in [0.2, 0.25) is 0 Å². The maximum atomic E-state index is 12.0. The maximum absolute atomic E-state index is 12.0. The average Bonchev–Trinajstić information content (AvgIpc) is 3.06. The largest absolute Gasteiger partial charge is 0.322 e. The predicted molar refractivity (Wildman–Crippen MR) is 106 cm³/mol. The lowest BCUT2D eigenvalue weighted by Crippen LogP contribution is -2.43. The van der Waals surface area contributed by atoms with Crippen molar-refractivity contribution < 1.29 is 9.59 Å². The van der Waals surface area contributed by atoms with Crippen molar-refractivity contribution in [1.82, 2.24) is 20.4 Å². The monoisotopic (exact) mass is 380 g/mol. The lowest BCUT2D eigenvalue weighted by Gasteiger charge is -2.08. The molecule has 1 aromatic heterocycles. The summed E-state index contributed by atoms with van der Waals surface area (Å²) in [6.45, 7) is 0. The molecule has 2 N–H and O–H groups in total. The number of nitrogens with one attached hydrogen (secondary N) is 2. The fraction of sp³-hybridized carbons (Fsp3) is 0.150. The molecule has 3 aromatic rings. The summed E-state index contributed by atoms with van der Waals surface area (Å²) in [4.78, 5) is 28.2. The van der Waals surface area contributed by atoms with E-state index in [0.29, 0.717) is 0 Å². The van der Waals surface area contributed by atoms with Gasteiger partial charge in [0.1, 0.15) is 0 Å². The van der Waals surface area contributed by atoms with Crippen molar-refractivity contribution in [3.05, 3.63) is 72.4 Å². The molecule has 2 amide bonds. The molecule has 3 rings (SSSR count). The van der Waals surface area contributed by atoms with E-state index in [1.165, 1.54) is 11.8 Å². The van der Waals surface area contributed by atoms with Crippen molar-refractivity contribution in [2.75, 3.05) is 5.75 Å². The molecular weight excluding hydrogens is 360 g/mol. The smallest absolute Gasteiger partial charge is 0.248 e. The first-order valence-electron chi connectivity index (χ1n) is 8.45. The molecule has 0 spiro atoms. The number of aromatic nitrogens is 2. The van der Waals surface area contributed by atoms with Crippen LogP contribution in [0.15, 0.2) is 72.0 Å². The summed E-state index contributed by atoms with van der Waals surface area (Å²) < 4.78 is 1.95. The van der Waals surface area contributed by atoms with Crippen molar-refractivity contribution >= 4 is 23.6 Å². The Kier molecular flexibility index (Phi) is 6.27. The summed E-state index contributed by atoms with van der Waals surface area (Å²) in [5.41, 5.74) is 7.81. The minimum Gasteiger partial charge on any atom is -0.322 e. The van der Waals surface area contributed by atoms with Gasteiger partial charge in [-0.25, -0.2) is 4.98 Å². The fourth-order valence-electron chi connectivity index (χ4n) is 2.53. The van der Waals surface area contributed by atoms with E-state index in [1.807, 2.05) is 72.3 Å². The van der Waals surface area contributed by atoms with Gasteiger partial charge in [-0.15, -0.1) is 0 Å². The van der Waals surface area contributed by atoms with Crippen molar-refractivity contribution in [3.8, 4) is 11.3 Å². The molecule has 0 unspecified atom stereocenters. The van der Waals surface area contributed by atoms with Gasteiger partial charge in [-0.2, -0.15) is 0 Å². The first-order chi connectivity index (χ1) is 13.1. The van der Waals surface area contributed by atoms with E-state index < -0.39 is 0 Å². The van der Waals surface area contributed by atoms with Gasteiger partial charge in [0.25, 0.3) is 0 Å². The number of nitrogens with zero attached hydrogens (tertiary/aromatic N) is 2. The number of hydrazine groups is 1. The lowest BCUT2D eigenvalue weighted by molar-refractivity contribution is -0.127. The third kappa shape index (κ3) is 5.21. The fourth-order valence-corrected chi connectivity index (χ4v) is 3.29. The van der Waals surface area contributed by atoms with Gasteiger partial charge in [-0.05, 0) is 11.1 Å². The van der Waals surface area contributed by atoms with E-state index in [-0.39, 0.29) is 24.0 Å². The second-order valence-corrected chi connectivity index (χ2v) is 6.84. The number of hydrogen-bond donors (Lipinski definition) is 2. The van der Waals surface area contributed by atoms with Crippen LogP contribution < -0.4 is 10.9 Å². The van der Waals surface area contributed by atoms with E-state index in [9.17, 15) is 9.59 Å². The number of amides is 2. The highest BCUT2D eigenvalue weighted by Gasteiger charge is 2.11. The Morgan fingerprint density at radius 2 is 1.59 bits per heavy atom. The Balaban J connectivity index is 1.47. The van der Waals surface area contributed by atoms with Gasteiger partial charge in [0.2, 0.25) is 11.8 Å². The van der Waals surface area contributed by atoms with Gasteiger partial charge >= 0.3 is 0 Å². The molecule has 0 saturated heterocycles. The highest BCUT2D eigenvalue weighted by Crippen LogP contribution is 2.24. The summed E-state index contributed by atoms with van der Waals surface area (Å²) in [6, 6.07) is 19.3. The topological polar surface area (TPSA) is 76.0 Å². The SMILES string of the molecule is Cn1c(-c2ccccc2)cnc1SCC(=O)NNC(=O)Cc1ccccc1. The van der Waals surface area contributed by atoms with Gasteiger partial charge < -0.3 is 4.57 Å². The second-order valence-electron chi connectivity index (χ2n) is 5.90. The minimum atomic E-state index is -0.286. The molecule has 27 heavy (non-hydrogen) atoms. The van der Waals surface area contributed by atoms with Crippen molar-refractivity contribution in [2.24, 2.45) is 7.05 Å². The first-order valence-corrected chi connectivity index (χ1v) is 9.43. The zero-order valence-corrected chi connectivity index (χ0v) is 15.7. The number of carbonyl (C=O) groups excluding carboxylic acids is 2. The van der Waals surface area contributed by atoms with Crippen LogP contribution in [0.25, 0.3) is 11.3 Å². The van der Waals surface area contributed by atoms with E-state index in [2.05, 4.69) is 15.8 Å². The normalized spacial score (nSPS) is 10.4. The molecule has 0 atom stereocenters. The predicted octanol–water partition coefficient (Wildman–Crippen LogP) is 2.57. The van der Waals surface area contributed by atoms with Gasteiger partial charge in [0, 0.05) is 7.05 Å². The maximum Gasteiger partial charge on any atom is 0.248 e. The average molecular weight is 380 g/mol. The van der Waals surface area contributed by atoms with Crippen LogP contribution >= 0.6 is 11.8 Å². The van der Waals surface area contributed by atoms with Crippen LogP contribution in [0.5, 0.6) is 0 Å². The van der Waals surface area contributed by atoms with Gasteiger partial charge in [0.15, 0.2) is 5.16 Å². The van der Waals surface area contributed by atoms with Crippen molar-refractivity contribution in [2.45, 2.75) is 11.6 Å². The Morgan fingerprint density at radius 3 is 2.30 bits per heavy atom. The number of carbonyl (C=O) groups is 2. The molecule has 0 saturated carbocycles. The summed E-state index contributed by atoms with van der Waals surface area (Å²) in [5, 5.41) is 0.736. The van der Waals surface area contributed by atoms with Gasteiger partial charge in [-0.1, -0.05) is 72.4 Å². The van der Waals surface area contributed by atoms with Crippen LogP contribution in [-0.2, 0) is 23.1 Å². The van der Waals surface area contributed by atoms with Crippen LogP contribution in [0, 0.1) is 0 Å². The summed E-state index contributed by atoms with van der Waals surface area (Å²) in [5.74, 6) is -0.390. The van der Waals surface area contributed by atoms with Crippen LogP contribution in [0.3, 0.4) is 0 Å². The van der Waals surface area contributed by atoms with Gasteiger partial charge in [0.05, 0.1) is 24.1 Å². The third-order valence-electron chi connectivity index (χ3n) is 3.90. The Hall–Kier alpha value is -3.06. The lowest BCUT2D eigenvalue weighted by atomic mass is 10.1. The molecule has 138 valence electrons. The summed E-state index contributed by atoms with van der Waals surface area (Å²) >= 11 is 1.31. The Bertz CT molecular complexity index is 910. The molecule has 0 aliphatic heterocycles. The number of imidazole rings is 1. The minimum absolute atomic E-state index is 0.157. The van der Waals surface area contributed by atoms with E-state index >= 15 is 0 Å². The highest BCUT2D eigenvalue weighted by atomic mass is 32.2. The molecule has 0 fully saturated rings.